The summed E-state index contributed by atoms with van der Waals surface area (Å²) < 4.78 is 13.3. The number of hydrogen-bond acceptors (Lipinski definition) is 2. The SMILES string of the molecule is N#CCCc1ccc(CC#N)cc1F. The highest BCUT2D eigenvalue weighted by atomic mass is 19.1. The molecule has 0 aliphatic heterocycles. The molecule has 3 heteroatoms. The minimum absolute atomic E-state index is 0.218. The summed E-state index contributed by atoms with van der Waals surface area (Å²) in [6, 6.07) is 8.64. The summed E-state index contributed by atoms with van der Waals surface area (Å²) in [5.74, 6) is -0.326. The first-order valence-electron chi connectivity index (χ1n) is 4.29. The van der Waals surface area contributed by atoms with Gasteiger partial charge in [-0.1, -0.05) is 12.1 Å². The summed E-state index contributed by atoms with van der Waals surface area (Å²) in [4.78, 5) is 0. The van der Waals surface area contributed by atoms with Crippen LogP contribution in [-0.4, -0.2) is 0 Å². The first-order chi connectivity index (χ1) is 6.77. The second-order valence-corrected chi connectivity index (χ2v) is 2.92. The van der Waals surface area contributed by atoms with Crippen LogP contribution in [0.15, 0.2) is 18.2 Å². The van der Waals surface area contributed by atoms with Gasteiger partial charge >= 0.3 is 0 Å². The van der Waals surface area contributed by atoms with Gasteiger partial charge in [0.1, 0.15) is 5.82 Å². The maximum absolute atomic E-state index is 13.3. The first kappa shape index (κ1) is 10.2. The molecule has 0 radical (unpaired) electrons. The zero-order chi connectivity index (χ0) is 10.4. The molecule has 0 unspecified atom stereocenters. The maximum atomic E-state index is 13.3. The Labute approximate surface area is 82.2 Å². The van der Waals surface area contributed by atoms with Crippen LogP contribution < -0.4 is 0 Å². The van der Waals surface area contributed by atoms with Gasteiger partial charge in [0.25, 0.3) is 0 Å². The highest BCUT2D eigenvalue weighted by Gasteiger charge is 2.02. The number of nitrogens with zero attached hydrogens (tertiary/aromatic N) is 2. The summed E-state index contributed by atoms with van der Waals surface area (Å²) >= 11 is 0. The van der Waals surface area contributed by atoms with Crippen molar-refractivity contribution in [3.8, 4) is 12.1 Å². The third-order valence-electron chi connectivity index (χ3n) is 1.91. The van der Waals surface area contributed by atoms with Gasteiger partial charge in [0.2, 0.25) is 0 Å². The number of benzene rings is 1. The van der Waals surface area contributed by atoms with E-state index < -0.39 is 0 Å². The zero-order valence-electron chi connectivity index (χ0n) is 7.63. The molecule has 1 aromatic carbocycles. The average molecular weight is 188 g/mol. The Bertz CT molecular complexity index is 399. The monoisotopic (exact) mass is 188 g/mol. The first-order valence-corrected chi connectivity index (χ1v) is 4.29. The molecule has 2 nitrogen and oxygen atoms in total. The van der Waals surface area contributed by atoms with Crippen LogP contribution in [-0.2, 0) is 12.8 Å². The molecule has 0 fully saturated rings. The molecule has 1 aromatic rings. The van der Waals surface area contributed by atoms with Gasteiger partial charge in [-0.2, -0.15) is 10.5 Å². The molecular formula is C11H9FN2. The van der Waals surface area contributed by atoms with Gasteiger partial charge in [0.05, 0.1) is 18.6 Å². The Balaban J connectivity index is 2.81. The van der Waals surface area contributed by atoms with Gasteiger partial charge in [-0.05, 0) is 23.6 Å². The van der Waals surface area contributed by atoms with Crippen LogP contribution in [0.4, 0.5) is 4.39 Å². The van der Waals surface area contributed by atoms with E-state index in [-0.39, 0.29) is 12.2 Å². The molecular weight excluding hydrogens is 179 g/mol. The number of hydrogen-bond donors (Lipinski definition) is 0. The van der Waals surface area contributed by atoms with Gasteiger partial charge in [0.15, 0.2) is 0 Å². The minimum Gasteiger partial charge on any atom is -0.207 e. The number of aryl methyl sites for hydroxylation is 1. The van der Waals surface area contributed by atoms with E-state index in [9.17, 15) is 4.39 Å². The Morgan fingerprint density at radius 2 is 2.00 bits per heavy atom. The molecule has 0 atom stereocenters. The second kappa shape index (κ2) is 4.99. The van der Waals surface area contributed by atoms with Gasteiger partial charge in [0, 0.05) is 6.42 Å². The van der Waals surface area contributed by atoms with Crippen molar-refractivity contribution >= 4 is 0 Å². The minimum atomic E-state index is -0.326. The number of nitriles is 2. The van der Waals surface area contributed by atoms with Crippen molar-refractivity contribution in [3.05, 3.63) is 35.1 Å². The quantitative estimate of drug-likeness (QED) is 0.730. The molecule has 1 rings (SSSR count). The third-order valence-corrected chi connectivity index (χ3v) is 1.91. The van der Waals surface area contributed by atoms with Crippen molar-refractivity contribution in [2.75, 3.05) is 0 Å². The lowest BCUT2D eigenvalue weighted by Crippen LogP contribution is -1.92. The van der Waals surface area contributed by atoms with Crippen LogP contribution in [0.3, 0.4) is 0 Å². The van der Waals surface area contributed by atoms with Crippen molar-refractivity contribution in [2.24, 2.45) is 0 Å². The molecule has 0 spiro atoms. The smallest absolute Gasteiger partial charge is 0.126 e. The van der Waals surface area contributed by atoms with Crippen LogP contribution in [0.1, 0.15) is 17.5 Å². The largest absolute Gasteiger partial charge is 0.207 e. The number of rotatable bonds is 3. The lowest BCUT2D eigenvalue weighted by Gasteiger charge is -2.01. The molecule has 0 aliphatic rings. The molecule has 0 aromatic heterocycles. The summed E-state index contributed by atoms with van der Waals surface area (Å²) in [6.07, 6.45) is 0.957. The van der Waals surface area contributed by atoms with E-state index in [1.54, 1.807) is 12.1 Å². The molecule has 0 amide bonds. The topological polar surface area (TPSA) is 47.6 Å². The van der Waals surface area contributed by atoms with Crippen molar-refractivity contribution in [2.45, 2.75) is 19.3 Å². The van der Waals surface area contributed by atoms with Crippen molar-refractivity contribution < 1.29 is 4.39 Å². The maximum Gasteiger partial charge on any atom is 0.126 e. The van der Waals surface area contributed by atoms with Crippen molar-refractivity contribution in [3.63, 3.8) is 0 Å². The molecule has 0 heterocycles. The zero-order valence-corrected chi connectivity index (χ0v) is 7.63. The van der Waals surface area contributed by atoms with E-state index >= 15 is 0 Å². The summed E-state index contributed by atoms with van der Waals surface area (Å²) in [5.41, 5.74) is 1.21. The normalized spacial score (nSPS) is 9.07. The lowest BCUT2D eigenvalue weighted by atomic mass is 10.1. The van der Waals surface area contributed by atoms with E-state index in [1.807, 2.05) is 12.1 Å². The molecule has 70 valence electrons. The Kier molecular flexibility index (Phi) is 3.64. The van der Waals surface area contributed by atoms with E-state index in [4.69, 9.17) is 10.5 Å². The Hall–Kier alpha value is -1.87. The fourth-order valence-corrected chi connectivity index (χ4v) is 1.19. The van der Waals surface area contributed by atoms with E-state index in [0.717, 1.165) is 0 Å². The predicted octanol–water partition coefficient (Wildman–Crippen LogP) is 2.35. The van der Waals surface area contributed by atoms with E-state index in [1.165, 1.54) is 6.07 Å². The Morgan fingerprint density at radius 3 is 2.57 bits per heavy atom. The highest BCUT2D eigenvalue weighted by Crippen LogP contribution is 2.12. The van der Waals surface area contributed by atoms with Crippen LogP contribution in [0.5, 0.6) is 0 Å². The summed E-state index contributed by atoms with van der Waals surface area (Å²) in [5, 5.41) is 16.7. The predicted molar refractivity (Wildman–Crippen MR) is 49.7 cm³/mol. The van der Waals surface area contributed by atoms with E-state index in [2.05, 4.69) is 0 Å². The second-order valence-electron chi connectivity index (χ2n) is 2.92. The molecule has 0 saturated carbocycles. The average Bonchev–Trinajstić information content (AvgIpc) is 2.17. The molecule has 14 heavy (non-hydrogen) atoms. The van der Waals surface area contributed by atoms with Gasteiger partial charge in [-0.15, -0.1) is 0 Å². The lowest BCUT2D eigenvalue weighted by molar-refractivity contribution is 0.608. The van der Waals surface area contributed by atoms with Gasteiger partial charge < -0.3 is 0 Å². The fourth-order valence-electron chi connectivity index (χ4n) is 1.19. The Morgan fingerprint density at radius 1 is 1.21 bits per heavy atom. The van der Waals surface area contributed by atoms with Crippen molar-refractivity contribution in [1.29, 1.82) is 10.5 Å². The van der Waals surface area contributed by atoms with Crippen LogP contribution in [0.25, 0.3) is 0 Å². The van der Waals surface area contributed by atoms with Crippen LogP contribution in [0, 0.1) is 28.5 Å². The van der Waals surface area contributed by atoms with Crippen LogP contribution >= 0.6 is 0 Å². The fraction of sp³-hybridized carbons (Fsp3) is 0.273. The summed E-state index contributed by atoms with van der Waals surface area (Å²) in [6.45, 7) is 0. The highest BCUT2D eigenvalue weighted by molar-refractivity contribution is 5.26. The molecule has 0 N–H and O–H groups in total. The standard InChI is InChI=1S/C11H9FN2/c12-11-8-9(5-7-14)3-4-10(11)2-1-6-13/h3-4,8H,1-2,5H2. The summed E-state index contributed by atoms with van der Waals surface area (Å²) in [7, 11) is 0. The molecule has 0 aliphatic carbocycles. The third kappa shape index (κ3) is 2.57. The number of halogens is 1. The molecule has 0 saturated heterocycles. The van der Waals surface area contributed by atoms with Crippen LogP contribution in [0.2, 0.25) is 0 Å². The molecule has 0 bridgehead atoms. The van der Waals surface area contributed by atoms with Gasteiger partial charge in [-0.3, -0.25) is 0 Å². The van der Waals surface area contributed by atoms with Gasteiger partial charge in [-0.25, -0.2) is 4.39 Å². The van der Waals surface area contributed by atoms with E-state index in [0.29, 0.717) is 24.0 Å². The van der Waals surface area contributed by atoms with Crippen molar-refractivity contribution in [1.82, 2.24) is 0 Å².